The van der Waals surface area contributed by atoms with Crippen molar-refractivity contribution >= 4 is 27.8 Å². The fourth-order valence-corrected chi connectivity index (χ4v) is 4.05. The molecule has 0 aliphatic heterocycles. The normalized spacial score (nSPS) is 11.2. The highest BCUT2D eigenvalue weighted by atomic mass is 16.4. The third-order valence-electron chi connectivity index (χ3n) is 5.17. The second-order valence-electron chi connectivity index (χ2n) is 6.69. The minimum absolute atomic E-state index is 0.267. The summed E-state index contributed by atoms with van der Waals surface area (Å²) in [5.41, 5.74) is 6.30. The summed E-state index contributed by atoms with van der Waals surface area (Å²) in [4.78, 5) is 12.1. The number of rotatable bonds is 2. The first kappa shape index (κ1) is 16.3. The van der Waals surface area contributed by atoms with Crippen molar-refractivity contribution in [2.45, 2.75) is 13.8 Å². The molecule has 1 aromatic heterocycles. The lowest BCUT2D eigenvalue weighted by Crippen LogP contribution is -2.33. The molecule has 3 nitrogen and oxygen atoms in total. The number of aromatic nitrogens is 1. The molecule has 4 aromatic rings. The predicted molar refractivity (Wildman–Crippen MR) is 102 cm³/mol. The molecule has 0 aliphatic carbocycles. The summed E-state index contributed by atoms with van der Waals surface area (Å²) in [6.45, 7) is 4.07. The van der Waals surface area contributed by atoms with Gasteiger partial charge in [-0.2, -0.15) is 4.57 Å². The van der Waals surface area contributed by atoms with Crippen molar-refractivity contribution in [3.63, 3.8) is 0 Å². The number of aromatic carboxylic acids is 1. The molecule has 0 N–H and O–H groups in total. The van der Waals surface area contributed by atoms with Crippen molar-refractivity contribution in [3.05, 3.63) is 77.4 Å². The van der Waals surface area contributed by atoms with Gasteiger partial charge >= 0.3 is 0 Å². The number of nitrogens with zero attached hydrogens (tertiary/aromatic N) is 1. The van der Waals surface area contributed by atoms with Gasteiger partial charge < -0.3 is 9.90 Å². The number of pyridine rings is 1. The van der Waals surface area contributed by atoms with E-state index in [1.807, 2.05) is 56.4 Å². The van der Waals surface area contributed by atoms with Crippen LogP contribution in [0.4, 0.5) is 0 Å². The third-order valence-corrected chi connectivity index (χ3v) is 5.17. The molecule has 0 unspecified atom stereocenters. The molecule has 3 heteroatoms. The van der Waals surface area contributed by atoms with E-state index >= 15 is 0 Å². The van der Waals surface area contributed by atoms with Crippen LogP contribution in [0.15, 0.2) is 60.7 Å². The smallest absolute Gasteiger partial charge is 0.214 e. The number of hydrogen-bond donors (Lipinski definition) is 0. The first-order valence-electron chi connectivity index (χ1n) is 8.62. The van der Waals surface area contributed by atoms with E-state index in [0.29, 0.717) is 5.39 Å². The Hall–Kier alpha value is -3.20. The van der Waals surface area contributed by atoms with E-state index in [-0.39, 0.29) is 5.56 Å². The highest BCUT2D eigenvalue weighted by Crippen LogP contribution is 2.35. The van der Waals surface area contributed by atoms with Gasteiger partial charge in [-0.3, -0.25) is 0 Å². The minimum atomic E-state index is -1.14. The molecule has 1 heterocycles. The second-order valence-corrected chi connectivity index (χ2v) is 6.69. The minimum Gasteiger partial charge on any atom is -0.545 e. The summed E-state index contributed by atoms with van der Waals surface area (Å²) in [7, 11) is 1.98. The van der Waals surface area contributed by atoms with Gasteiger partial charge in [0, 0.05) is 17.7 Å². The molecular weight excluding hydrogens is 322 g/mol. The lowest BCUT2D eigenvalue weighted by molar-refractivity contribution is -0.617. The van der Waals surface area contributed by atoms with Crippen LogP contribution in [-0.2, 0) is 7.05 Å². The van der Waals surface area contributed by atoms with E-state index < -0.39 is 5.97 Å². The van der Waals surface area contributed by atoms with Crippen molar-refractivity contribution in [1.29, 1.82) is 0 Å². The van der Waals surface area contributed by atoms with Crippen LogP contribution in [0.2, 0.25) is 0 Å². The van der Waals surface area contributed by atoms with Gasteiger partial charge in [0.05, 0.1) is 16.7 Å². The first-order chi connectivity index (χ1) is 12.5. The molecular formula is C23H19NO2. The molecule has 0 aliphatic rings. The molecule has 26 heavy (non-hydrogen) atoms. The van der Waals surface area contributed by atoms with E-state index in [9.17, 15) is 9.90 Å². The molecule has 0 spiro atoms. The zero-order valence-electron chi connectivity index (χ0n) is 15.0. The average Bonchev–Trinajstić information content (AvgIpc) is 2.63. The molecule has 0 radical (unpaired) electrons. The lowest BCUT2D eigenvalue weighted by Gasteiger charge is -2.17. The molecule has 0 saturated heterocycles. The Kier molecular flexibility index (Phi) is 3.73. The largest absolute Gasteiger partial charge is 0.545 e. The Balaban J connectivity index is 2.27. The van der Waals surface area contributed by atoms with Crippen LogP contribution in [0.25, 0.3) is 32.9 Å². The van der Waals surface area contributed by atoms with Crippen LogP contribution in [0.5, 0.6) is 0 Å². The van der Waals surface area contributed by atoms with E-state index in [0.717, 1.165) is 38.7 Å². The van der Waals surface area contributed by atoms with Gasteiger partial charge in [0.1, 0.15) is 7.05 Å². The Bertz CT molecular complexity index is 1180. The van der Waals surface area contributed by atoms with Crippen LogP contribution in [0.3, 0.4) is 0 Å². The molecule has 3 aromatic carbocycles. The highest BCUT2D eigenvalue weighted by Gasteiger charge is 2.23. The third kappa shape index (κ3) is 2.28. The van der Waals surface area contributed by atoms with Gasteiger partial charge in [0.2, 0.25) is 11.0 Å². The fourth-order valence-electron chi connectivity index (χ4n) is 4.05. The summed E-state index contributed by atoms with van der Waals surface area (Å²) < 4.78 is 2.06. The van der Waals surface area contributed by atoms with Crippen LogP contribution in [-0.4, -0.2) is 5.97 Å². The standard InChI is InChI=1S/C23H19NO2/c1-14-13-19-21(15(2)20(14)16-9-5-4-6-10-16)22(23(25)26)17-11-7-8-12-18(17)24(19)3/h4-13H,1-3H3. The maximum absolute atomic E-state index is 12.1. The van der Waals surface area contributed by atoms with E-state index in [1.165, 1.54) is 0 Å². The first-order valence-corrected chi connectivity index (χ1v) is 8.62. The average molecular weight is 341 g/mol. The van der Waals surface area contributed by atoms with E-state index in [4.69, 9.17) is 0 Å². The van der Waals surface area contributed by atoms with Gasteiger partial charge in [0.15, 0.2) is 0 Å². The number of para-hydroxylation sites is 1. The summed E-state index contributed by atoms with van der Waals surface area (Å²) in [6, 6.07) is 19.7. The predicted octanol–water partition coefficient (Wildman–Crippen LogP) is 3.46. The topological polar surface area (TPSA) is 44.0 Å². The Morgan fingerprint density at radius 2 is 1.58 bits per heavy atom. The molecule has 0 saturated carbocycles. The molecule has 0 amide bonds. The number of carboxylic acids is 1. The zero-order chi connectivity index (χ0) is 18.4. The van der Waals surface area contributed by atoms with Crippen molar-refractivity contribution in [3.8, 4) is 11.1 Å². The van der Waals surface area contributed by atoms with E-state index in [1.54, 1.807) is 0 Å². The van der Waals surface area contributed by atoms with E-state index in [2.05, 4.69) is 29.7 Å². The summed E-state index contributed by atoms with van der Waals surface area (Å²) in [6.07, 6.45) is 0. The summed E-state index contributed by atoms with van der Waals surface area (Å²) in [5.74, 6) is -1.14. The Morgan fingerprint density at radius 1 is 0.923 bits per heavy atom. The molecule has 4 rings (SSSR count). The van der Waals surface area contributed by atoms with Crippen molar-refractivity contribution < 1.29 is 14.5 Å². The lowest BCUT2D eigenvalue weighted by atomic mass is 9.89. The summed E-state index contributed by atoms with van der Waals surface area (Å²) >= 11 is 0. The SMILES string of the molecule is Cc1cc2c(c(C)c1-c1ccccc1)c(C(=O)[O-])c1ccccc1[n+]2C. The molecule has 0 fully saturated rings. The number of fused-ring (bicyclic) bond motifs is 2. The fraction of sp³-hybridized carbons (Fsp3) is 0.130. The van der Waals surface area contributed by atoms with Gasteiger partial charge in [-0.05, 0) is 42.2 Å². The van der Waals surface area contributed by atoms with Crippen molar-refractivity contribution in [2.24, 2.45) is 7.05 Å². The molecule has 0 bridgehead atoms. The van der Waals surface area contributed by atoms with Gasteiger partial charge in [0.25, 0.3) is 0 Å². The Morgan fingerprint density at radius 3 is 2.27 bits per heavy atom. The van der Waals surface area contributed by atoms with Crippen LogP contribution in [0, 0.1) is 13.8 Å². The van der Waals surface area contributed by atoms with Gasteiger partial charge in [-0.15, -0.1) is 0 Å². The summed E-state index contributed by atoms with van der Waals surface area (Å²) in [5, 5.41) is 13.6. The number of benzene rings is 3. The number of carbonyl (C=O) groups is 1. The van der Waals surface area contributed by atoms with Crippen LogP contribution >= 0.6 is 0 Å². The monoisotopic (exact) mass is 341 g/mol. The number of hydrogen-bond acceptors (Lipinski definition) is 2. The quantitative estimate of drug-likeness (QED) is 0.414. The number of carboxylic acid groups (broad SMARTS) is 1. The number of aryl methyl sites for hydroxylation is 3. The second kappa shape index (κ2) is 5.95. The van der Waals surface area contributed by atoms with Gasteiger partial charge in [-0.1, -0.05) is 42.5 Å². The highest BCUT2D eigenvalue weighted by molar-refractivity contribution is 6.13. The maximum atomic E-state index is 12.1. The molecule has 0 atom stereocenters. The molecule has 128 valence electrons. The van der Waals surface area contributed by atoms with Crippen molar-refractivity contribution in [2.75, 3.05) is 0 Å². The van der Waals surface area contributed by atoms with Crippen molar-refractivity contribution in [1.82, 2.24) is 0 Å². The van der Waals surface area contributed by atoms with Gasteiger partial charge in [-0.25, -0.2) is 0 Å². The maximum Gasteiger partial charge on any atom is 0.214 e. The number of carbonyl (C=O) groups excluding carboxylic acids is 1. The van der Waals surface area contributed by atoms with Crippen LogP contribution in [0.1, 0.15) is 21.5 Å². The Labute approximate surface area is 152 Å². The zero-order valence-corrected chi connectivity index (χ0v) is 15.0. The van der Waals surface area contributed by atoms with Crippen LogP contribution < -0.4 is 9.67 Å².